The lowest BCUT2D eigenvalue weighted by molar-refractivity contribution is 0.168. The normalized spacial score (nSPS) is 11.7. The summed E-state index contributed by atoms with van der Waals surface area (Å²) in [6.07, 6.45) is 1.42. The number of nitrogen functional groups attached to an aromatic ring is 1. The summed E-state index contributed by atoms with van der Waals surface area (Å²) in [5, 5.41) is 17.5. The van der Waals surface area contributed by atoms with E-state index in [1.165, 1.54) is 12.3 Å². The number of hydrogen-bond donors (Lipinski definition) is 4. The molecule has 0 spiro atoms. The zero-order valence-corrected chi connectivity index (χ0v) is 16.1. The number of amides is 2. The van der Waals surface area contributed by atoms with Crippen LogP contribution in [0.25, 0.3) is 0 Å². The first-order chi connectivity index (χ1) is 14.0. The summed E-state index contributed by atoms with van der Waals surface area (Å²) >= 11 is 0. The fourth-order valence-corrected chi connectivity index (χ4v) is 2.75. The van der Waals surface area contributed by atoms with Crippen LogP contribution in [0.15, 0.2) is 53.2 Å². The smallest absolute Gasteiger partial charge is 0.320 e. The number of pyridine rings is 1. The number of methoxy groups -OCH3 is 1. The molecule has 0 saturated heterocycles. The van der Waals surface area contributed by atoms with Crippen LogP contribution in [0.2, 0.25) is 0 Å². The summed E-state index contributed by atoms with van der Waals surface area (Å²) < 4.78 is 10.2. The van der Waals surface area contributed by atoms with Crippen molar-refractivity contribution in [3.63, 3.8) is 0 Å². The molecule has 3 aromatic rings. The van der Waals surface area contributed by atoms with Crippen molar-refractivity contribution in [1.29, 1.82) is 5.41 Å². The van der Waals surface area contributed by atoms with Gasteiger partial charge in [-0.25, -0.2) is 9.78 Å². The van der Waals surface area contributed by atoms with Gasteiger partial charge in [-0.05, 0) is 12.5 Å². The standard InChI is InChI=1S/C20H22N6O3/c1-12-8-16(26-29-12)19(22)14-10-23-18(9-15(14)21)25-20(27)24-17(11-28-2)13-6-4-3-5-7-13/h3-10,17,22H,11H2,1-2H3,(H4,21,23,24,25,27)/t17-/m1/s1. The SMILES string of the molecule is COC[C@@H](NC(=O)Nc1cc(N)c(C(=N)c2cc(C)on2)cn1)c1ccccc1. The molecule has 0 fully saturated rings. The minimum Gasteiger partial charge on any atom is -0.398 e. The van der Waals surface area contributed by atoms with Crippen LogP contribution in [0.5, 0.6) is 0 Å². The summed E-state index contributed by atoms with van der Waals surface area (Å²) in [5.41, 5.74) is 8.11. The first-order valence-electron chi connectivity index (χ1n) is 8.87. The second-order valence-corrected chi connectivity index (χ2v) is 6.37. The highest BCUT2D eigenvalue weighted by Crippen LogP contribution is 2.19. The van der Waals surface area contributed by atoms with Crippen LogP contribution in [0.4, 0.5) is 16.3 Å². The Labute approximate surface area is 167 Å². The summed E-state index contributed by atoms with van der Waals surface area (Å²) in [4.78, 5) is 16.6. The largest absolute Gasteiger partial charge is 0.398 e. The number of carbonyl (C=O) groups excluding carboxylic acids is 1. The molecule has 150 valence electrons. The van der Waals surface area contributed by atoms with Gasteiger partial charge in [0.15, 0.2) is 0 Å². The predicted molar refractivity (Wildman–Crippen MR) is 109 cm³/mol. The fraction of sp³-hybridized carbons (Fsp3) is 0.200. The number of nitrogens with two attached hydrogens (primary N) is 1. The summed E-state index contributed by atoms with van der Waals surface area (Å²) in [5.74, 6) is 0.854. The lowest BCUT2D eigenvalue weighted by Crippen LogP contribution is -2.35. The van der Waals surface area contributed by atoms with Gasteiger partial charge in [0.05, 0.1) is 18.4 Å². The van der Waals surface area contributed by atoms with Gasteiger partial charge in [0.2, 0.25) is 0 Å². The molecule has 0 bridgehead atoms. The molecular weight excluding hydrogens is 372 g/mol. The Morgan fingerprint density at radius 1 is 1.31 bits per heavy atom. The van der Waals surface area contributed by atoms with Crippen molar-refractivity contribution < 1.29 is 14.1 Å². The van der Waals surface area contributed by atoms with Gasteiger partial charge >= 0.3 is 6.03 Å². The number of rotatable bonds is 7. The molecule has 5 N–H and O–H groups in total. The molecule has 2 aromatic heterocycles. The third-order valence-corrected chi connectivity index (χ3v) is 4.17. The van der Waals surface area contributed by atoms with Crippen molar-refractivity contribution >= 4 is 23.2 Å². The number of anilines is 2. The Bertz CT molecular complexity index is 1000. The number of aromatic nitrogens is 2. The first kappa shape index (κ1) is 20.0. The van der Waals surface area contributed by atoms with Gasteiger partial charge in [-0.15, -0.1) is 0 Å². The van der Waals surface area contributed by atoms with Crippen molar-refractivity contribution in [3.8, 4) is 0 Å². The van der Waals surface area contributed by atoms with Gasteiger partial charge in [-0.3, -0.25) is 10.7 Å². The monoisotopic (exact) mass is 394 g/mol. The van der Waals surface area contributed by atoms with E-state index in [4.69, 9.17) is 20.4 Å². The number of urea groups is 1. The Morgan fingerprint density at radius 3 is 2.69 bits per heavy atom. The van der Waals surface area contributed by atoms with Crippen molar-refractivity contribution in [2.75, 3.05) is 24.8 Å². The average molecular weight is 394 g/mol. The number of benzene rings is 1. The van der Waals surface area contributed by atoms with Gasteiger partial charge in [0.25, 0.3) is 0 Å². The van der Waals surface area contributed by atoms with E-state index in [0.717, 1.165) is 5.56 Å². The minimum absolute atomic E-state index is 0.0899. The Balaban J connectivity index is 1.69. The quantitative estimate of drug-likeness (QED) is 0.454. The van der Waals surface area contributed by atoms with Gasteiger partial charge < -0.3 is 20.3 Å². The minimum atomic E-state index is -0.447. The van der Waals surface area contributed by atoms with E-state index in [2.05, 4.69) is 20.8 Å². The third-order valence-electron chi connectivity index (χ3n) is 4.17. The number of hydrogen-bond acceptors (Lipinski definition) is 7. The van der Waals surface area contributed by atoms with Crippen LogP contribution in [0, 0.1) is 12.3 Å². The van der Waals surface area contributed by atoms with Gasteiger partial charge in [0, 0.05) is 36.7 Å². The zero-order chi connectivity index (χ0) is 20.8. The number of aryl methyl sites for hydroxylation is 1. The zero-order valence-electron chi connectivity index (χ0n) is 16.1. The van der Waals surface area contributed by atoms with E-state index in [9.17, 15) is 4.79 Å². The molecule has 0 unspecified atom stereocenters. The molecule has 0 radical (unpaired) electrons. The number of ether oxygens (including phenoxy) is 1. The highest BCUT2D eigenvalue weighted by Gasteiger charge is 2.17. The molecule has 0 aliphatic rings. The first-order valence-corrected chi connectivity index (χ1v) is 8.87. The highest BCUT2D eigenvalue weighted by atomic mass is 16.5. The van der Waals surface area contributed by atoms with Crippen molar-refractivity contribution in [3.05, 3.63) is 71.2 Å². The molecule has 1 aromatic carbocycles. The molecule has 9 heteroatoms. The molecule has 0 aliphatic carbocycles. The van der Waals surface area contributed by atoms with E-state index in [1.807, 2.05) is 30.3 Å². The van der Waals surface area contributed by atoms with Gasteiger partial charge in [-0.1, -0.05) is 35.5 Å². The fourth-order valence-electron chi connectivity index (χ4n) is 2.75. The van der Waals surface area contributed by atoms with E-state index < -0.39 is 6.03 Å². The maximum absolute atomic E-state index is 12.4. The molecule has 0 aliphatic heterocycles. The van der Waals surface area contributed by atoms with Crippen LogP contribution in [0.1, 0.15) is 28.6 Å². The van der Waals surface area contributed by atoms with Crippen LogP contribution in [-0.2, 0) is 4.74 Å². The maximum atomic E-state index is 12.4. The second kappa shape index (κ2) is 8.98. The summed E-state index contributed by atoms with van der Waals surface area (Å²) in [7, 11) is 1.57. The Hall–Kier alpha value is -3.72. The van der Waals surface area contributed by atoms with Crippen molar-refractivity contribution in [2.24, 2.45) is 0 Å². The van der Waals surface area contributed by atoms with Crippen LogP contribution >= 0.6 is 0 Å². The number of nitrogens with zero attached hydrogens (tertiary/aromatic N) is 2. The summed E-state index contributed by atoms with van der Waals surface area (Å²) in [6, 6.07) is 11.9. The number of nitrogens with one attached hydrogen (secondary N) is 3. The molecule has 3 rings (SSSR count). The maximum Gasteiger partial charge on any atom is 0.320 e. The second-order valence-electron chi connectivity index (χ2n) is 6.37. The van der Waals surface area contributed by atoms with Gasteiger partial charge in [0.1, 0.15) is 17.3 Å². The molecule has 29 heavy (non-hydrogen) atoms. The topological polar surface area (TPSA) is 139 Å². The van der Waals surface area contributed by atoms with E-state index in [1.54, 1.807) is 20.1 Å². The van der Waals surface area contributed by atoms with E-state index >= 15 is 0 Å². The van der Waals surface area contributed by atoms with Crippen LogP contribution in [-0.4, -0.2) is 35.6 Å². The van der Waals surface area contributed by atoms with Crippen LogP contribution in [0.3, 0.4) is 0 Å². The third kappa shape index (κ3) is 4.96. The Morgan fingerprint density at radius 2 is 2.07 bits per heavy atom. The Kier molecular flexibility index (Phi) is 6.20. The predicted octanol–water partition coefficient (Wildman–Crippen LogP) is 2.89. The van der Waals surface area contributed by atoms with E-state index in [0.29, 0.717) is 23.6 Å². The molecule has 9 nitrogen and oxygen atoms in total. The van der Waals surface area contributed by atoms with Gasteiger partial charge in [-0.2, -0.15) is 0 Å². The molecule has 2 amide bonds. The lowest BCUT2D eigenvalue weighted by atomic mass is 10.1. The van der Waals surface area contributed by atoms with Crippen molar-refractivity contribution in [1.82, 2.24) is 15.5 Å². The number of carbonyl (C=O) groups is 1. The lowest BCUT2D eigenvalue weighted by Gasteiger charge is -2.18. The molecular formula is C20H22N6O3. The molecule has 2 heterocycles. The van der Waals surface area contributed by atoms with Crippen LogP contribution < -0.4 is 16.4 Å². The summed E-state index contributed by atoms with van der Waals surface area (Å²) in [6.45, 7) is 2.06. The van der Waals surface area contributed by atoms with E-state index in [-0.39, 0.29) is 23.3 Å². The average Bonchev–Trinajstić information content (AvgIpc) is 3.14. The molecule has 0 saturated carbocycles. The van der Waals surface area contributed by atoms with Crippen molar-refractivity contribution in [2.45, 2.75) is 13.0 Å². The highest BCUT2D eigenvalue weighted by molar-refractivity contribution is 6.12. The molecule has 1 atom stereocenters.